The highest BCUT2D eigenvalue weighted by Crippen LogP contribution is 2.29. The zero-order valence-corrected chi connectivity index (χ0v) is 12.1. The van der Waals surface area contributed by atoms with Crippen LogP contribution >= 0.6 is 11.8 Å². The molecule has 1 N–H and O–H groups in total. The molecule has 1 aromatic heterocycles. The van der Waals surface area contributed by atoms with Crippen molar-refractivity contribution in [2.75, 3.05) is 11.9 Å². The number of benzene rings is 1. The smallest absolute Gasteiger partial charge is 0.223 e. The largest absolute Gasteiger partial charge is 0.354 e. The minimum absolute atomic E-state index is 0.339. The van der Waals surface area contributed by atoms with Crippen LogP contribution in [-0.2, 0) is 0 Å². The van der Waals surface area contributed by atoms with Gasteiger partial charge in [0.1, 0.15) is 16.7 Å². The second-order valence-electron chi connectivity index (χ2n) is 4.27. The zero-order chi connectivity index (χ0) is 14.5. The van der Waals surface area contributed by atoms with E-state index in [0.717, 1.165) is 36.5 Å². The van der Waals surface area contributed by atoms with E-state index in [2.05, 4.69) is 15.3 Å². The first-order valence-corrected chi connectivity index (χ1v) is 7.12. The van der Waals surface area contributed by atoms with E-state index in [-0.39, 0.29) is 0 Å². The SMILES string of the molecule is CCCNc1nc(C)cc(Sc2ccc(F)cc2F)n1. The monoisotopic (exact) mass is 295 g/mol. The number of halogens is 2. The molecule has 2 aromatic rings. The molecular formula is C14H15F2N3S. The lowest BCUT2D eigenvalue weighted by molar-refractivity contribution is 0.565. The van der Waals surface area contributed by atoms with Crippen molar-refractivity contribution in [2.45, 2.75) is 30.2 Å². The Morgan fingerprint density at radius 3 is 2.70 bits per heavy atom. The van der Waals surface area contributed by atoms with Crippen LogP contribution in [0, 0.1) is 18.6 Å². The molecular weight excluding hydrogens is 280 g/mol. The fraction of sp³-hybridized carbons (Fsp3) is 0.286. The summed E-state index contributed by atoms with van der Waals surface area (Å²) < 4.78 is 26.5. The molecule has 1 aromatic carbocycles. The van der Waals surface area contributed by atoms with E-state index in [1.54, 1.807) is 6.07 Å². The minimum atomic E-state index is -0.589. The summed E-state index contributed by atoms with van der Waals surface area (Å²) in [7, 11) is 0. The van der Waals surface area contributed by atoms with Crippen molar-refractivity contribution in [1.29, 1.82) is 0 Å². The van der Waals surface area contributed by atoms with Gasteiger partial charge in [0.2, 0.25) is 5.95 Å². The number of hydrogen-bond acceptors (Lipinski definition) is 4. The van der Waals surface area contributed by atoms with E-state index >= 15 is 0 Å². The minimum Gasteiger partial charge on any atom is -0.354 e. The summed E-state index contributed by atoms with van der Waals surface area (Å²) in [6.45, 7) is 4.68. The highest BCUT2D eigenvalue weighted by Gasteiger charge is 2.08. The van der Waals surface area contributed by atoms with Gasteiger partial charge in [-0.15, -0.1) is 0 Å². The third kappa shape index (κ3) is 3.90. The molecule has 2 rings (SSSR count). The van der Waals surface area contributed by atoms with Crippen LogP contribution in [0.4, 0.5) is 14.7 Å². The van der Waals surface area contributed by atoms with Crippen molar-refractivity contribution in [3.8, 4) is 0 Å². The molecule has 106 valence electrons. The number of aromatic nitrogens is 2. The standard InChI is InChI=1S/C14H15F2N3S/c1-3-6-17-14-18-9(2)7-13(19-14)20-12-5-4-10(15)8-11(12)16/h4-5,7-8H,3,6H2,1-2H3,(H,17,18,19). The van der Waals surface area contributed by atoms with Gasteiger partial charge in [-0.05, 0) is 31.5 Å². The summed E-state index contributed by atoms with van der Waals surface area (Å²) in [6, 6.07) is 5.28. The van der Waals surface area contributed by atoms with Crippen molar-refractivity contribution >= 4 is 17.7 Å². The maximum Gasteiger partial charge on any atom is 0.223 e. The van der Waals surface area contributed by atoms with Gasteiger partial charge in [0.15, 0.2) is 0 Å². The molecule has 0 saturated carbocycles. The number of hydrogen-bond donors (Lipinski definition) is 1. The second kappa shape index (κ2) is 6.65. The lowest BCUT2D eigenvalue weighted by Crippen LogP contribution is -2.05. The summed E-state index contributed by atoms with van der Waals surface area (Å²) in [4.78, 5) is 8.91. The Bertz CT molecular complexity index is 605. The molecule has 0 bridgehead atoms. The molecule has 0 aliphatic heterocycles. The van der Waals surface area contributed by atoms with Gasteiger partial charge in [-0.2, -0.15) is 0 Å². The quantitative estimate of drug-likeness (QED) is 0.845. The van der Waals surface area contributed by atoms with Gasteiger partial charge in [-0.3, -0.25) is 0 Å². The van der Waals surface area contributed by atoms with Crippen LogP contribution in [0.2, 0.25) is 0 Å². The van der Waals surface area contributed by atoms with Crippen LogP contribution in [-0.4, -0.2) is 16.5 Å². The fourth-order valence-corrected chi connectivity index (χ4v) is 2.46. The zero-order valence-electron chi connectivity index (χ0n) is 11.3. The molecule has 0 spiro atoms. The highest BCUT2D eigenvalue weighted by atomic mass is 32.2. The number of anilines is 1. The second-order valence-corrected chi connectivity index (χ2v) is 5.34. The first-order valence-electron chi connectivity index (χ1n) is 6.31. The Morgan fingerprint density at radius 2 is 2.00 bits per heavy atom. The van der Waals surface area contributed by atoms with E-state index in [1.807, 2.05) is 13.8 Å². The van der Waals surface area contributed by atoms with Crippen LogP contribution in [0.3, 0.4) is 0 Å². The number of rotatable bonds is 5. The molecule has 0 unspecified atom stereocenters. The molecule has 6 heteroatoms. The third-order valence-corrected chi connectivity index (χ3v) is 3.44. The molecule has 0 atom stereocenters. The maximum atomic E-state index is 13.6. The number of nitrogens with one attached hydrogen (secondary N) is 1. The van der Waals surface area contributed by atoms with Gasteiger partial charge in [0.05, 0.1) is 0 Å². The molecule has 20 heavy (non-hydrogen) atoms. The molecule has 1 heterocycles. The highest BCUT2D eigenvalue weighted by molar-refractivity contribution is 7.99. The molecule has 0 aliphatic rings. The summed E-state index contributed by atoms with van der Waals surface area (Å²) in [6.07, 6.45) is 0.965. The van der Waals surface area contributed by atoms with E-state index in [4.69, 9.17) is 0 Å². The predicted octanol–water partition coefficient (Wildman–Crippen LogP) is 4.04. The van der Waals surface area contributed by atoms with E-state index < -0.39 is 11.6 Å². The van der Waals surface area contributed by atoms with E-state index in [1.165, 1.54) is 12.1 Å². The van der Waals surface area contributed by atoms with Crippen molar-refractivity contribution in [2.24, 2.45) is 0 Å². The Kier molecular flexibility index (Phi) is 4.89. The summed E-state index contributed by atoms with van der Waals surface area (Å²) >= 11 is 1.15. The molecule has 0 radical (unpaired) electrons. The average molecular weight is 295 g/mol. The Morgan fingerprint density at radius 1 is 1.20 bits per heavy atom. The fourth-order valence-electron chi connectivity index (χ4n) is 1.58. The summed E-state index contributed by atoms with van der Waals surface area (Å²) in [5.41, 5.74) is 0.795. The van der Waals surface area contributed by atoms with Crippen molar-refractivity contribution < 1.29 is 8.78 Å². The predicted molar refractivity (Wildman–Crippen MR) is 76.0 cm³/mol. The van der Waals surface area contributed by atoms with Gasteiger partial charge in [-0.25, -0.2) is 18.7 Å². The van der Waals surface area contributed by atoms with Gasteiger partial charge < -0.3 is 5.32 Å². The Labute approximate surface area is 120 Å². The maximum absolute atomic E-state index is 13.6. The molecule has 0 saturated heterocycles. The Hall–Kier alpha value is -1.69. The lowest BCUT2D eigenvalue weighted by Gasteiger charge is -2.07. The Balaban J connectivity index is 2.21. The van der Waals surface area contributed by atoms with E-state index in [9.17, 15) is 8.78 Å². The first kappa shape index (κ1) is 14.7. The topological polar surface area (TPSA) is 37.8 Å². The molecule has 3 nitrogen and oxygen atoms in total. The van der Waals surface area contributed by atoms with Gasteiger partial charge in [-0.1, -0.05) is 18.7 Å². The van der Waals surface area contributed by atoms with Gasteiger partial charge in [0, 0.05) is 23.2 Å². The van der Waals surface area contributed by atoms with Crippen LogP contribution in [0.1, 0.15) is 19.0 Å². The van der Waals surface area contributed by atoms with E-state index in [0.29, 0.717) is 15.9 Å². The molecule has 0 aliphatic carbocycles. The number of nitrogens with zero attached hydrogens (tertiary/aromatic N) is 2. The first-order chi connectivity index (χ1) is 9.58. The molecule has 0 amide bonds. The summed E-state index contributed by atoms with van der Waals surface area (Å²) in [5.74, 6) is -0.651. The van der Waals surface area contributed by atoms with Crippen LogP contribution in [0.15, 0.2) is 34.2 Å². The average Bonchev–Trinajstić information content (AvgIpc) is 2.39. The van der Waals surface area contributed by atoms with Crippen LogP contribution in [0.5, 0.6) is 0 Å². The van der Waals surface area contributed by atoms with Crippen molar-refractivity contribution in [3.05, 3.63) is 41.6 Å². The van der Waals surface area contributed by atoms with Crippen LogP contribution in [0.25, 0.3) is 0 Å². The number of aryl methyl sites for hydroxylation is 1. The van der Waals surface area contributed by atoms with Gasteiger partial charge in [0.25, 0.3) is 0 Å². The van der Waals surface area contributed by atoms with Crippen LogP contribution < -0.4 is 5.32 Å². The third-order valence-electron chi connectivity index (χ3n) is 2.47. The summed E-state index contributed by atoms with van der Waals surface area (Å²) in [5, 5.41) is 3.72. The molecule has 0 fully saturated rings. The van der Waals surface area contributed by atoms with Gasteiger partial charge >= 0.3 is 0 Å². The normalized spacial score (nSPS) is 10.6. The van der Waals surface area contributed by atoms with Crippen molar-refractivity contribution in [1.82, 2.24) is 9.97 Å². The van der Waals surface area contributed by atoms with Crippen molar-refractivity contribution in [3.63, 3.8) is 0 Å². The lowest BCUT2D eigenvalue weighted by atomic mass is 10.3.